The van der Waals surface area contributed by atoms with Gasteiger partial charge in [0.25, 0.3) is 0 Å². The lowest BCUT2D eigenvalue weighted by atomic mass is 10.7. The summed E-state index contributed by atoms with van der Waals surface area (Å²) >= 11 is 2.11. The summed E-state index contributed by atoms with van der Waals surface area (Å²) in [6.45, 7) is 0. The third-order valence-electron chi connectivity index (χ3n) is 3.12. The molecule has 0 bridgehead atoms. The summed E-state index contributed by atoms with van der Waals surface area (Å²) in [7, 11) is -2.06. The molecule has 14 heavy (non-hydrogen) atoms. The molecule has 2 saturated carbocycles. The van der Waals surface area contributed by atoms with Crippen LogP contribution in [0.5, 0.6) is 0 Å². The number of halogens is 1. The molecule has 2 aliphatic carbocycles. The molecule has 0 N–H and O–H groups in total. The van der Waals surface area contributed by atoms with Crippen molar-refractivity contribution in [3.8, 4) is 0 Å². The van der Waals surface area contributed by atoms with Crippen molar-refractivity contribution >= 4 is 35.3 Å². The number of hydrogen-bond donors (Lipinski definition) is 0. The third-order valence-corrected chi connectivity index (χ3v) is 7.89. The van der Waals surface area contributed by atoms with E-state index in [9.17, 15) is 4.57 Å². The molecular formula is C9H12IN2OP. The molecule has 0 aliphatic heterocycles. The molecule has 0 radical (unpaired) electrons. The molecule has 5 heteroatoms. The zero-order chi connectivity index (χ0) is 9.76. The fourth-order valence-corrected chi connectivity index (χ4v) is 6.55. The predicted molar refractivity (Wildman–Crippen MR) is 64.9 cm³/mol. The van der Waals surface area contributed by atoms with Gasteiger partial charge in [0.15, 0.2) is 0 Å². The second kappa shape index (κ2) is 3.08. The lowest BCUT2D eigenvalue weighted by Gasteiger charge is -2.14. The van der Waals surface area contributed by atoms with E-state index < -0.39 is 7.14 Å². The van der Waals surface area contributed by atoms with E-state index in [2.05, 4.69) is 28.0 Å². The molecule has 3 nitrogen and oxygen atoms in total. The molecule has 2 aliphatic rings. The molecule has 0 unspecified atom stereocenters. The van der Waals surface area contributed by atoms with E-state index >= 15 is 0 Å². The van der Waals surface area contributed by atoms with Crippen molar-refractivity contribution < 1.29 is 4.57 Å². The van der Waals surface area contributed by atoms with Crippen LogP contribution in [0.25, 0.3) is 0 Å². The molecule has 76 valence electrons. The Labute approximate surface area is 97.1 Å². The molecule has 3 rings (SSSR count). The van der Waals surface area contributed by atoms with Crippen LogP contribution >= 0.6 is 30.0 Å². The lowest BCUT2D eigenvalue weighted by Crippen LogP contribution is -2.10. The first kappa shape index (κ1) is 9.40. The molecule has 1 aromatic heterocycles. The summed E-state index contributed by atoms with van der Waals surface area (Å²) in [6.07, 6.45) is 8.42. The van der Waals surface area contributed by atoms with Crippen LogP contribution in [0.15, 0.2) is 12.4 Å². The number of hydrogen-bond acceptors (Lipinski definition) is 2. The maximum absolute atomic E-state index is 12.9. The quantitative estimate of drug-likeness (QED) is 0.633. The number of aromatic nitrogens is 2. The Bertz CT molecular complexity index is 393. The summed E-state index contributed by atoms with van der Waals surface area (Å²) < 4.78 is 14.6. The lowest BCUT2D eigenvalue weighted by molar-refractivity contribution is 0.579. The Morgan fingerprint density at radius 2 is 1.93 bits per heavy atom. The van der Waals surface area contributed by atoms with E-state index in [0.29, 0.717) is 11.3 Å². The normalized spacial score (nSPS) is 22.6. The molecule has 2 fully saturated rings. The first-order valence-corrected chi connectivity index (χ1v) is 7.83. The van der Waals surface area contributed by atoms with E-state index in [0.717, 1.165) is 5.30 Å². The zero-order valence-corrected chi connectivity index (χ0v) is 10.8. The topological polar surface area (TPSA) is 34.9 Å². The Kier molecular flexibility index (Phi) is 2.07. The zero-order valence-electron chi connectivity index (χ0n) is 7.77. The minimum Gasteiger partial charge on any atom is -0.318 e. The van der Waals surface area contributed by atoms with Crippen molar-refractivity contribution in [2.75, 3.05) is 0 Å². The van der Waals surface area contributed by atoms with Crippen LogP contribution in [0.3, 0.4) is 0 Å². The van der Waals surface area contributed by atoms with Crippen molar-refractivity contribution in [1.82, 2.24) is 7.99 Å². The van der Waals surface area contributed by atoms with Gasteiger partial charge >= 0.3 is 0 Å². The Balaban J connectivity index is 2.02. The second-order valence-corrected chi connectivity index (χ2v) is 8.64. The van der Waals surface area contributed by atoms with Gasteiger partial charge in [-0.3, -0.25) is 0 Å². The fourth-order valence-electron chi connectivity index (χ4n) is 2.11. The van der Waals surface area contributed by atoms with Gasteiger partial charge in [-0.2, -0.15) is 5.10 Å². The van der Waals surface area contributed by atoms with Gasteiger partial charge in [0.2, 0.25) is 0 Å². The Morgan fingerprint density at radius 1 is 1.36 bits per heavy atom. The summed E-state index contributed by atoms with van der Waals surface area (Å²) in [5.41, 5.74) is 0.992. The summed E-state index contributed by atoms with van der Waals surface area (Å²) in [4.78, 5) is 0. The highest BCUT2D eigenvalue weighted by atomic mass is 127. The molecular weight excluding hydrogens is 310 g/mol. The van der Waals surface area contributed by atoms with Crippen molar-refractivity contribution in [2.45, 2.75) is 37.0 Å². The van der Waals surface area contributed by atoms with Crippen molar-refractivity contribution in [3.05, 3.63) is 12.4 Å². The van der Waals surface area contributed by atoms with Crippen molar-refractivity contribution in [1.29, 1.82) is 0 Å². The molecule has 0 saturated heterocycles. The smallest absolute Gasteiger partial charge is 0.124 e. The van der Waals surface area contributed by atoms with E-state index in [1.807, 2.05) is 12.4 Å². The average molecular weight is 322 g/mol. The van der Waals surface area contributed by atoms with Gasteiger partial charge in [0.1, 0.15) is 7.14 Å². The van der Waals surface area contributed by atoms with Gasteiger partial charge in [-0.1, -0.05) is 0 Å². The van der Waals surface area contributed by atoms with Gasteiger partial charge < -0.3 is 4.57 Å². The van der Waals surface area contributed by atoms with Gasteiger partial charge in [-0.05, 0) is 25.7 Å². The molecule has 0 aromatic carbocycles. The first-order valence-electron chi connectivity index (χ1n) is 5.02. The largest absolute Gasteiger partial charge is 0.318 e. The SMILES string of the molecule is O=P(c1cnn(I)c1)(C1CC1)C1CC1. The summed E-state index contributed by atoms with van der Waals surface area (Å²) in [5.74, 6) is 0. The van der Waals surface area contributed by atoms with Crippen molar-refractivity contribution in [3.63, 3.8) is 0 Å². The summed E-state index contributed by atoms with van der Waals surface area (Å²) in [6, 6.07) is 0. The van der Waals surface area contributed by atoms with Crippen LogP contribution < -0.4 is 5.30 Å². The number of nitrogens with zero attached hydrogens (tertiary/aromatic N) is 2. The van der Waals surface area contributed by atoms with Crippen LogP contribution in [0, 0.1) is 0 Å². The molecule has 1 heterocycles. The van der Waals surface area contributed by atoms with Crippen LogP contribution in [-0.4, -0.2) is 19.3 Å². The molecule has 0 spiro atoms. The number of rotatable bonds is 3. The fraction of sp³-hybridized carbons (Fsp3) is 0.667. The third kappa shape index (κ3) is 1.38. The molecule has 0 amide bonds. The van der Waals surface area contributed by atoms with Crippen LogP contribution in [0.2, 0.25) is 0 Å². The maximum Gasteiger partial charge on any atom is 0.124 e. The second-order valence-electron chi connectivity index (χ2n) is 4.26. The van der Waals surface area contributed by atoms with E-state index in [-0.39, 0.29) is 0 Å². The van der Waals surface area contributed by atoms with Crippen LogP contribution in [0.1, 0.15) is 25.7 Å². The van der Waals surface area contributed by atoms with Crippen molar-refractivity contribution in [2.24, 2.45) is 0 Å². The van der Waals surface area contributed by atoms with Gasteiger partial charge in [0.05, 0.1) is 34.4 Å². The highest BCUT2D eigenvalue weighted by Crippen LogP contribution is 2.69. The van der Waals surface area contributed by atoms with Gasteiger partial charge in [-0.15, -0.1) is 0 Å². The minimum atomic E-state index is -2.06. The Morgan fingerprint density at radius 3 is 2.29 bits per heavy atom. The highest BCUT2D eigenvalue weighted by molar-refractivity contribution is 14.1. The standard InChI is InChI=1S/C9H12IN2OP/c10-12-6-9(5-11-12)14(13,7-1-2-7)8-3-4-8/h5-8H,1-4H2. The van der Waals surface area contributed by atoms with Gasteiger partial charge in [0, 0.05) is 17.5 Å². The van der Waals surface area contributed by atoms with E-state index in [1.165, 1.54) is 25.7 Å². The van der Waals surface area contributed by atoms with Crippen LogP contribution in [0.4, 0.5) is 0 Å². The van der Waals surface area contributed by atoms with E-state index in [1.54, 1.807) is 2.90 Å². The maximum atomic E-state index is 12.9. The van der Waals surface area contributed by atoms with Crippen LogP contribution in [-0.2, 0) is 4.57 Å². The highest BCUT2D eigenvalue weighted by Gasteiger charge is 2.52. The predicted octanol–water partition coefficient (Wildman–Crippen LogP) is 2.39. The van der Waals surface area contributed by atoms with Gasteiger partial charge in [-0.25, -0.2) is 2.90 Å². The monoisotopic (exact) mass is 322 g/mol. The minimum absolute atomic E-state index is 0.496. The first-order chi connectivity index (χ1) is 6.71. The van der Waals surface area contributed by atoms with E-state index in [4.69, 9.17) is 0 Å². The molecule has 0 atom stereocenters. The summed E-state index contributed by atoms with van der Waals surface area (Å²) in [5, 5.41) is 5.16. The molecule has 1 aromatic rings. The average Bonchev–Trinajstić information content (AvgIpc) is 3.01. The Hall–Kier alpha value is 0.170.